The van der Waals surface area contributed by atoms with Crippen LogP contribution in [0.25, 0.3) is 11.1 Å². The number of carbonyl (C=O) groups is 1. The van der Waals surface area contributed by atoms with Gasteiger partial charge in [-0.05, 0) is 63.8 Å². The van der Waals surface area contributed by atoms with E-state index in [0.717, 1.165) is 23.4 Å². The fourth-order valence-electron chi connectivity index (χ4n) is 2.36. The minimum atomic E-state index is -0.0598. The van der Waals surface area contributed by atoms with Gasteiger partial charge in [-0.1, -0.05) is 18.2 Å². The van der Waals surface area contributed by atoms with Crippen molar-refractivity contribution in [1.29, 1.82) is 0 Å². The van der Waals surface area contributed by atoms with Gasteiger partial charge in [-0.2, -0.15) is 5.10 Å². The van der Waals surface area contributed by atoms with Crippen molar-refractivity contribution in [3.05, 3.63) is 60.3 Å². The lowest BCUT2D eigenvalue weighted by molar-refractivity contribution is 0.0951. The number of nitrogens with zero attached hydrogens (tertiary/aromatic N) is 3. The van der Waals surface area contributed by atoms with E-state index in [-0.39, 0.29) is 5.91 Å². The van der Waals surface area contributed by atoms with Crippen LogP contribution >= 0.6 is 0 Å². The predicted octanol–water partition coefficient (Wildman–Crippen LogP) is 3.40. The Morgan fingerprint density at radius 3 is 2.44 bits per heavy atom. The Balaban J connectivity index is 1.98. The van der Waals surface area contributed by atoms with E-state index in [2.05, 4.69) is 20.8 Å². The fraction of sp³-hybridized carbons (Fsp3) is 0.286. The molecule has 0 fully saturated rings. The number of pyridine rings is 1. The summed E-state index contributed by atoms with van der Waals surface area (Å²) < 4.78 is 0. The first-order valence-electron chi connectivity index (χ1n) is 8.92. The lowest BCUT2D eigenvalue weighted by Gasteiger charge is -2.10. The first-order chi connectivity index (χ1) is 13.0. The summed E-state index contributed by atoms with van der Waals surface area (Å²) in [7, 11) is 3.96. The van der Waals surface area contributed by atoms with Crippen molar-refractivity contribution in [2.75, 3.05) is 32.6 Å². The largest absolute Gasteiger partial charge is 0.351 e. The quantitative estimate of drug-likeness (QED) is 0.556. The molecule has 0 aliphatic heterocycles. The van der Waals surface area contributed by atoms with Gasteiger partial charge in [0.25, 0.3) is 5.91 Å². The summed E-state index contributed by atoms with van der Waals surface area (Å²) in [5, 5.41) is 7.13. The van der Waals surface area contributed by atoms with Gasteiger partial charge < -0.3 is 10.2 Å². The monoisotopic (exact) mass is 365 g/mol. The van der Waals surface area contributed by atoms with Crippen LogP contribution in [0.3, 0.4) is 0 Å². The van der Waals surface area contributed by atoms with Gasteiger partial charge in [0, 0.05) is 30.4 Å². The van der Waals surface area contributed by atoms with Gasteiger partial charge in [-0.3, -0.25) is 10.2 Å². The van der Waals surface area contributed by atoms with Gasteiger partial charge in [0.2, 0.25) is 0 Å². The molecular formula is C21H27N5O. The Morgan fingerprint density at radius 1 is 1.15 bits per heavy atom. The maximum absolute atomic E-state index is 12.1. The molecule has 1 amide bonds. The molecule has 0 spiro atoms. The molecule has 2 N–H and O–H groups in total. The van der Waals surface area contributed by atoms with E-state index in [1.807, 2.05) is 81.4 Å². The second kappa shape index (κ2) is 10.2. The summed E-state index contributed by atoms with van der Waals surface area (Å²) in [6.07, 6.45) is 5.64. The number of hydrogen-bond acceptors (Lipinski definition) is 5. The minimum absolute atomic E-state index is 0.0598. The first-order valence-corrected chi connectivity index (χ1v) is 8.92. The molecule has 142 valence electrons. The number of nitrogens with one attached hydrogen (secondary N) is 2. The number of anilines is 1. The number of hydrogen-bond donors (Lipinski definition) is 2. The zero-order chi connectivity index (χ0) is 19.6. The minimum Gasteiger partial charge on any atom is -0.351 e. The number of allylic oxidation sites excluding steroid dienone is 2. The normalized spacial score (nSPS) is 11.8. The van der Waals surface area contributed by atoms with E-state index in [9.17, 15) is 4.79 Å². The van der Waals surface area contributed by atoms with Crippen LogP contribution < -0.4 is 10.7 Å². The SMILES string of the molecule is C/C=C/C(C)=N/Nc1ccc(-c2ccc(C(=O)NCCN(C)C)cc2)cn1. The Kier molecular flexibility index (Phi) is 7.70. The summed E-state index contributed by atoms with van der Waals surface area (Å²) in [6.45, 7) is 5.31. The molecule has 0 aliphatic carbocycles. The molecule has 0 unspecified atom stereocenters. The van der Waals surface area contributed by atoms with E-state index in [4.69, 9.17) is 0 Å². The van der Waals surface area contributed by atoms with Crippen LogP contribution in [0, 0.1) is 0 Å². The zero-order valence-electron chi connectivity index (χ0n) is 16.4. The van der Waals surface area contributed by atoms with Crippen molar-refractivity contribution in [3.63, 3.8) is 0 Å². The van der Waals surface area contributed by atoms with Crippen molar-refractivity contribution in [2.45, 2.75) is 13.8 Å². The third-order valence-corrected chi connectivity index (χ3v) is 3.84. The molecule has 6 nitrogen and oxygen atoms in total. The summed E-state index contributed by atoms with van der Waals surface area (Å²) in [5.74, 6) is 0.620. The molecule has 2 rings (SSSR count). The number of carbonyl (C=O) groups excluding carboxylic acids is 1. The molecule has 0 bridgehead atoms. The molecule has 0 atom stereocenters. The molecule has 0 saturated heterocycles. The Bertz CT molecular complexity index is 792. The van der Waals surface area contributed by atoms with Crippen LogP contribution in [0.15, 0.2) is 59.8 Å². The molecule has 0 aliphatic rings. The number of aromatic nitrogens is 1. The average molecular weight is 365 g/mol. The molecule has 27 heavy (non-hydrogen) atoms. The molecular weight excluding hydrogens is 338 g/mol. The first kappa shape index (κ1) is 20.3. The zero-order valence-corrected chi connectivity index (χ0v) is 16.4. The maximum atomic E-state index is 12.1. The van der Waals surface area contributed by atoms with Crippen molar-refractivity contribution < 1.29 is 4.79 Å². The molecule has 1 aromatic carbocycles. The van der Waals surface area contributed by atoms with Gasteiger partial charge in [0.1, 0.15) is 5.82 Å². The highest BCUT2D eigenvalue weighted by Crippen LogP contribution is 2.20. The molecule has 2 aromatic rings. The van der Waals surface area contributed by atoms with Crippen LogP contribution in [0.4, 0.5) is 5.82 Å². The molecule has 1 aromatic heterocycles. The molecule has 1 heterocycles. The number of benzene rings is 1. The lowest BCUT2D eigenvalue weighted by atomic mass is 10.1. The third-order valence-electron chi connectivity index (χ3n) is 3.84. The third kappa shape index (κ3) is 6.67. The highest BCUT2D eigenvalue weighted by Gasteiger charge is 2.06. The van der Waals surface area contributed by atoms with E-state index in [1.165, 1.54) is 0 Å². The van der Waals surface area contributed by atoms with E-state index >= 15 is 0 Å². The highest BCUT2D eigenvalue weighted by atomic mass is 16.1. The van der Waals surface area contributed by atoms with E-state index in [0.29, 0.717) is 17.9 Å². The highest BCUT2D eigenvalue weighted by molar-refractivity contribution is 5.94. The van der Waals surface area contributed by atoms with Gasteiger partial charge in [-0.15, -0.1) is 0 Å². The van der Waals surface area contributed by atoms with Gasteiger partial charge in [-0.25, -0.2) is 4.98 Å². The predicted molar refractivity (Wildman–Crippen MR) is 112 cm³/mol. The van der Waals surface area contributed by atoms with Crippen LogP contribution in [-0.4, -0.2) is 48.7 Å². The van der Waals surface area contributed by atoms with Crippen molar-refractivity contribution >= 4 is 17.4 Å². The average Bonchev–Trinajstić information content (AvgIpc) is 2.67. The summed E-state index contributed by atoms with van der Waals surface area (Å²) in [4.78, 5) is 18.5. The van der Waals surface area contributed by atoms with Crippen LogP contribution in [0.5, 0.6) is 0 Å². The van der Waals surface area contributed by atoms with Gasteiger partial charge in [0.05, 0.1) is 5.71 Å². The fourth-order valence-corrected chi connectivity index (χ4v) is 2.36. The molecule has 6 heteroatoms. The van der Waals surface area contributed by atoms with Crippen molar-refractivity contribution in [2.24, 2.45) is 5.10 Å². The number of rotatable bonds is 8. The summed E-state index contributed by atoms with van der Waals surface area (Å²) in [6, 6.07) is 11.4. The topological polar surface area (TPSA) is 69.6 Å². The maximum Gasteiger partial charge on any atom is 0.251 e. The number of amides is 1. The smallest absolute Gasteiger partial charge is 0.251 e. The summed E-state index contributed by atoms with van der Waals surface area (Å²) >= 11 is 0. The Morgan fingerprint density at radius 2 is 1.85 bits per heavy atom. The molecule has 0 saturated carbocycles. The van der Waals surface area contributed by atoms with Crippen LogP contribution in [0.2, 0.25) is 0 Å². The number of likely N-dealkylation sites (N-methyl/N-ethyl adjacent to an activating group) is 1. The van der Waals surface area contributed by atoms with Crippen molar-refractivity contribution in [3.8, 4) is 11.1 Å². The standard InChI is InChI=1S/C21H27N5O/c1-5-6-16(2)24-25-20-12-11-19(15-23-20)17-7-9-18(10-8-17)21(27)22-13-14-26(3)4/h5-12,15H,13-14H2,1-4H3,(H,22,27)(H,23,25)/b6-5+,24-16+. The Labute approximate surface area is 161 Å². The summed E-state index contributed by atoms with van der Waals surface area (Å²) in [5.41, 5.74) is 6.44. The van der Waals surface area contributed by atoms with Gasteiger partial charge in [0.15, 0.2) is 0 Å². The van der Waals surface area contributed by atoms with Crippen LogP contribution in [0.1, 0.15) is 24.2 Å². The lowest BCUT2D eigenvalue weighted by Crippen LogP contribution is -2.31. The Hall–Kier alpha value is -2.99. The molecule has 0 radical (unpaired) electrons. The van der Waals surface area contributed by atoms with E-state index in [1.54, 1.807) is 6.20 Å². The van der Waals surface area contributed by atoms with Crippen LogP contribution in [-0.2, 0) is 0 Å². The van der Waals surface area contributed by atoms with Gasteiger partial charge >= 0.3 is 0 Å². The van der Waals surface area contributed by atoms with Crippen molar-refractivity contribution in [1.82, 2.24) is 15.2 Å². The second-order valence-corrected chi connectivity index (χ2v) is 6.43. The van der Waals surface area contributed by atoms with E-state index < -0.39 is 0 Å². The second-order valence-electron chi connectivity index (χ2n) is 6.43. The number of hydrazone groups is 1.